The molecule has 2 aromatic heterocycles. The van der Waals surface area contributed by atoms with E-state index < -0.39 is 0 Å². The van der Waals surface area contributed by atoms with Crippen molar-refractivity contribution in [2.45, 2.75) is 18.9 Å². The number of carbonyl (C=O) groups is 1. The SMILES string of the molecule is N/C(=C\C=NC[C@@H]1CCCN1C(=O)c1c(-c2ccccc2)nc2sccn12)c1ccccc1. The fraction of sp³-hybridized carbons (Fsp3) is 0.192. The van der Waals surface area contributed by atoms with E-state index >= 15 is 0 Å². The largest absolute Gasteiger partial charge is 0.398 e. The van der Waals surface area contributed by atoms with Crippen LogP contribution in [-0.2, 0) is 0 Å². The van der Waals surface area contributed by atoms with Crippen LogP contribution in [0.1, 0.15) is 28.9 Å². The van der Waals surface area contributed by atoms with Gasteiger partial charge in [-0.25, -0.2) is 4.98 Å². The monoisotopic (exact) mass is 455 g/mol. The van der Waals surface area contributed by atoms with Crippen LogP contribution in [-0.4, -0.2) is 45.5 Å². The molecular weight excluding hydrogens is 430 g/mol. The predicted octanol–water partition coefficient (Wildman–Crippen LogP) is 4.74. The molecule has 2 N–H and O–H groups in total. The molecule has 166 valence electrons. The van der Waals surface area contributed by atoms with Crippen molar-refractivity contribution in [2.75, 3.05) is 13.1 Å². The van der Waals surface area contributed by atoms with Crippen LogP contribution in [0.2, 0.25) is 0 Å². The van der Waals surface area contributed by atoms with E-state index in [9.17, 15) is 4.79 Å². The smallest absolute Gasteiger partial charge is 0.273 e. The number of likely N-dealkylation sites (tertiary alicyclic amines) is 1. The highest BCUT2D eigenvalue weighted by Gasteiger charge is 2.33. The average Bonchev–Trinajstić information content (AvgIpc) is 3.58. The number of nitrogens with two attached hydrogens (primary N) is 1. The zero-order valence-electron chi connectivity index (χ0n) is 18.2. The summed E-state index contributed by atoms with van der Waals surface area (Å²) in [7, 11) is 0. The second-order valence-corrected chi connectivity index (χ2v) is 8.90. The third-order valence-electron chi connectivity index (χ3n) is 5.93. The van der Waals surface area contributed by atoms with E-state index in [-0.39, 0.29) is 11.9 Å². The molecule has 5 rings (SSSR count). The van der Waals surface area contributed by atoms with Crippen molar-refractivity contribution in [3.8, 4) is 11.3 Å². The van der Waals surface area contributed by atoms with Crippen LogP contribution in [0, 0.1) is 0 Å². The number of rotatable bonds is 6. The lowest BCUT2D eigenvalue weighted by atomic mass is 10.1. The Morgan fingerprint density at radius 3 is 2.70 bits per heavy atom. The summed E-state index contributed by atoms with van der Waals surface area (Å²) in [6.07, 6.45) is 7.39. The minimum atomic E-state index is 0.0109. The van der Waals surface area contributed by atoms with E-state index in [4.69, 9.17) is 10.7 Å². The predicted molar refractivity (Wildman–Crippen MR) is 135 cm³/mol. The van der Waals surface area contributed by atoms with Crippen LogP contribution in [0.3, 0.4) is 0 Å². The number of carbonyl (C=O) groups excluding carboxylic acids is 1. The lowest BCUT2D eigenvalue weighted by molar-refractivity contribution is 0.0735. The molecule has 1 fully saturated rings. The molecule has 0 unspecified atom stereocenters. The summed E-state index contributed by atoms with van der Waals surface area (Å²) in [5.41, 5.74) is 10.1. The molecule has 1 aliphatic rings. The standard InChI is InChI=1S/C26H25N5OS/c27-22(19-8-3-1-4-9-19)13-14-28-18-21-12-7-15-30(21)25(32)24-23(20-10-5-2-6-11-20)29-26-31(24)16-17-33-26/h1-6,8-11,13-14,16-17,21H,7,12,15,18,27H2/b22-13-,28-14?/t21-/m0/s1. The van der Waals surface area contributed by atoms with Crippen molar-refractivity contribution in [1.29, 1.82) is 0 Å². The van der Waals surface area contributed by atoms with Gasteiger partial charge in [0.05, 0.1) is 12.6 Å². The first-order chi connectivity index (χ1) is 16.2. The number of amides is 1. The molecule has 4 aromatic rings. The van der Waals surface area contributed by atoms with Crippen molar-refractivity contribution in [2.24, 2.45) is 10.7 Å². The zero-order chi connectivity index (χ0) is 22.6. The van der Waals surface area contributed by atoms with Crippen LogP contribution in [0.4, 0.5) is 0 Å². The number of imidazole rings is 1. The van der Waals surface area contributed by atoms with Crippen molar-refractivity contribution in [3.05, 3.63) is 89.6 Å². The summed E-state index contributed by atoms with van der Waals surface area (Å²) in [5.74, 6) is 0.0109. The summed E-state index contributed by atoms with van der Waals surface area (Å²) in [5, 5.41) is 1.96. The summed E-state index contributed by atoms with van der Waals surface area (Å²) < 4.78 is 1.91. The first kappa shape index (κ1) is 21.2. The maximum Gasteiger partial charge on any atom is 0.273 e. The molecule has 1 saturated heterocycles. The number of aromatic nitrogens is 2. The second-order valence-electron chi connectivity index (χ2n) is 8.03. The molecule has 3 heterocycles. The highest BCUT2D eigenvalue weighted by atomic mass is 32.1. The lowest BCUT2D eigenvalue weighted by Crippen LogP contribution is -2.38. The lowest BCUT2D eigenvalue weighted by Gasteiger charge is -2.23. The van der Waals surface area contributed by atoms with Gasteiger partial charge < -0.3 is 10.6 Å². The number of fused-ring (bicyclic) bond motifs is 1. The van der Waals surface area contributed by atoms with Gasteiger partial charge in [-0.3, -0.25) is 14.2 Å². The molecule has 7 heteroatoms. The van der Waals surface area contributed by atoms with Crippen LogP contribution < -0.4 is 5.73 Å². The van der Waals surface area contributed by atoms with Crippen LogP contribution in [0.5, 0.6) is 0 Å². The topological polar surface area (TPSA) is 76.0 Å². The van der Waals surface area contributed by atoms with E-state index in [1.165, 1.54) is 11.3 Å². The number of hydrogen-bond acceptors (Lipinski definition) is 5. The highest BCUT2D eigenvalue weighted by Crippen LogP contribution is 2.30. The van der Waals surface area contributed by atoms with Gasteiger partial charge in [-0.2, -0.15) is 0 Å². The Bertz CT molecular complexity index is 1310. The molecule has 1 atom stereocenters. The molecule has 1 aliphatic heterocycles. The molecule has 0 aliphatic carbocycles. The molecular formula is C26H25N5OS. The first-order valence-electron chi connectivity index (χ1n) is 11.1. The van der Waals surface area contributed by atoms with Crippen LogP contribution >= 0.6 is 11.3 Å². The van der Waals surface area contributed by atoms with E-state index in [0.717, 1.165) is 41.2 Å². The molecule has 33 heavy (non-hydrogen) atoms. The van der Waals surface area contributed by atoms with Gasteiger partial charge in [0.25, 0.3) is 5.91 Å². The Balaban J connectivity index is 1.36. The normalized spacial score (nSPS) is 16.8. The summed E-state index contributed by atoms with van der Waals surface area (Å²) in [4.78, 5) is 25.9. The number of hydrogen-bond donors (Lipinski definition) is 1. The minimum absolute atomic E-state index is 0.0109. The maximum absolute atomic E-state index is 13.7. The van der Waals surface area contributed by atoms with Crippen molar-refractivity contribution in [3.63, 3.8) is 0 Å². The van der Waals surface area contributed by atoms with Crippen LogP contribution in [0.25, 0.3) is 21.9 Å². The van der Waals surface area contributed by atoms with Crippen molar-refractivity contribution in [1.82, 2.24) is 14.3 Å². The summed E-state index contributed by atoms with van der Waals surface area (Å²) in [6.45, 7) is 1.28. The Kier molecular flexibility index (Phi) is 6.04. The Labute approximate surface area is 196 Å². The Hall–Kier alpha value is -3.71. The average molecular weight is 456 g/mol. The molecule has 6 nitrogen and oxygen atoms in total. The molecule has 0 bridgehead atoms. The van der Waals surface area contributed by atoms with Gasteiger partial charge in [0.2, 0.25) is 0 Å². The quantitative estimate of drug-likeness (QED) is 0.427. The van der Waals surface area contributed by atoms with E-state index in [1.807, 2.05) is 87.6 Å². The first-order valence-corrected chi connectivity index (χ1v) is 11.9. The van der Waals surface area contributed by atoms with Gasteiger partial charge in [-0.15, -0.1) is 11.3 Å². The van der Waals surface area contributed by atoms with Gasteiger partial charge in [0.1, 0.15) is 11.4 Å². The van der Waals surface area contributed by atoms with Gasteiger partial charge in [0, 0.05) is 35.6 Å². The van der Waals surface area contributed by atoms with Crippen LogP contribution in [0.15, 0.2) is 83.3 Å². The molecule has 0 saturated carbocycles. The third kappa shape index (κ3) is 4.32. The Morgan fingerprint density at radius 1 is 1.15 bits per heavy atom. The van der Waals surface area contributed by atoms with E-state index in [2.05, 4.69) is 4.99 Å². The zero-order valence-corrected chi connectivity index (χ0v) is 19.0. The Morgan fingerprint density at radius 2 is 1.91 bits per heavy atom. The minimum Gasteiger partial charge on any atom is -0.398 e. The second kappa shape index (κ2) is 9.42. The summed E-state index contributed by atoms with van der Waals surface area (Å²) in [6, 6.07) is 19.8. The fourth-order valence-electron chi connectivity index (χ4n) is 4.26. The summed E-state index contributed by atoms with van der Waals surface area (Å²) >= 11 is 1.53. The van der Waals surface area contributed by atoms with Gasteiger partial charge >= 0.3 is 0 Å². The molecule has 2 aromatic carbocycles. The maximum atomic E-state index is 13.7. The number of thiazole rings is 1. The van der Waals surface area contributed by atoms with E-state index in [0.29, 0.717) is 17.9 Å². The van der Waals surface area contributed by atoms with Gasteiger partial charge in [0.15, 0.2) is 4.96 Å². The highest BCUT2D eigenvalue weighted by molar-refractivity contribution is 7.15. The number of allylic oxidation sites excluding steroid dienone is 1. The van der Waals surface area contributed by atoms with E-state index in [1.54, 1.807) is 6.21 Å². The third-order valence-corrected chi connectivity index (χ3v) is 6.69. The number of aliphatic imine (C=N–C) groups is 1. The van der Waals surface area contributed by atoms with Gasteiger partial charge in [-0.1, -0.05) is 60.7 Å². The molecule has 0 spiro atoms. The number of benzene rings is 2. The fourth-order valence-corrected chi connectivity index (χ4v) is 4.97. The van der Waals surface area contributed by atoms with Gasteiger partial charge in [-0.05, 0) is 24.5 Å². The molecule has 0 radical (unpaired) electrons. The molecule has 1 amide bonds. The van der Waals surface area contributed by atoms with Crippen molar-refractivity contribution < 1.29 is 4.79 Å². The number of nitrogens with zero attached hydrogens (tertiary/aromatic N) is 4. The van der Waals surface area contributed by atoms with Crippen molar-refractivity contribution >= 4 is 34.1 Å².